The third kappa shape index (κ3) is 4.27. The lowest BCUT2D eigenvalue weighted by atomic mass is 10.2. The summed E-state index contributed by atoms with van der Waals surface area (Å²) in [7, 11) is 0. The number of thiophene rings is 1. The van der Waals surface area contributed by atoms with Crippen LogP contribution in [-0.4, -0.2) is 30.2 Å². The Bertz CT molecular complexity index is 843. The monoisotopic (exact) mass is 360 g/mol. The first-order valence-electron chi connectivity index (χ1n) is 8.36. The van der Waals surface area contributed by atoms with E-state index in [1.54, 1.807) is 17.4 Å². The number of amides is 1. The summed E-state index contributed by atoms with van der Waals surface area (Å²) in [4.78, 5) is 13.4. The Hall–Kier alpha value is -2.18. The summed E-state index contributed by atoms with van der Waals surface area (Å²) in [5.74, 6) is -0.334. The lowest BCUT2D eigenvalue weighted by Crippen LogP contribution is -2.29. The summed E-state index contributed by atoms with van der Waals surface area (Å²) in [5.41, 5.74) is 1.79. The number of benzene rings is 1. The second-order valence-corrected chi connectivity index (χ2v) is 6.64. The van der Waals surface area contributed by atoms with Crippen LogP contribution in [0.15, 0.2) is 41.8 Å². The fourth-order valence-corrected chi connectivity index (χ4v) is 3.54. The summed E-state index contributed by atoms with van der Waals surface area (Å²) in [6, 6.07) is 10.6. The Morgan fingerprint density at radius 2 is 2.20 bits per heavy atom. The number of hydrogen-bond acceptors (Lipinski definition) is 3. The first-order valence-corrected chi connectivity index (χ1v) is 9.24. The molecule has 3 aromatic rings. The minimum atomic E-state index is -0.275. The van der Waals surface area contributed by atoms with Crippen molar-refractivity contribution in [1.29, 1.82) is 0 Å². The van der Waals surface area contributed by atoms with Crippen LogP contribution >= 0.6 is 11.3 Å². The van der Waals surface area contributed by atoms with Gasteiger partial charge in [0, 0.05) is 30.7 Å². The van der Waals surface area contributed by atoms with Crippen molar-refractivity contribution in [1.82, 2.24) is 9.88 Å². The highest BCUT2D eigenvalue weighted by molar-refractivity contribution is 7.13. The molecule has 0 unspecified atom stereocenters. The molecule has 0 aliphatic heterocycles. The molecule has 25 heavy (non-hydrogen) atoms. The van der Waals surface area contributed by atoms with Gasteiger partial charge in [-0.1, -0.05) is 6.07 Å². The number of nitrogens with zero attached hydrogens (tertiary/aromatic N) is 1. The zero-order valence-corrected chi connectivity index (χ0v) is 14.9. The lowest BCUT2D eigenvalue weighted by Gasteiger charge is -2.11. The number of carbonyl (C=O) groups is 1. The molecule has 0 radical (unpaired) electrons. The number of hydrogen-bond donors (Lipinski definition) is 1. The van der Waals surface area contributed by atoms with Gasteiger partial charge in [0.1, 0.15) is 12.4 Å². The maximum absolute atomic E-state index is 13.6. The Morgan fingerprint density at radius 1 is 1.32 bits per heavy atom. The SMILES string of the molecule is CCOCCCNC(=O)Cn1c(-c2cccs2)cc2cc(F)ccc21. The third-order valence-electron chi connectivity index (χ3n) is 3.93. The van der Waals surface area contributed by atoms with Gasteiger partial charge >= 0.3 is 0 Å². The normalized spacial score (nSPS) is 11.1. The highest BCUT2D eigenvalue weighted by Gasteiger charge is 2.14. The lowest BCUT2D eigenvalue weighted by molar-refractivity contribution is -0.121. The Balaban J connectivity index is 1.79. The van der Waals surface area contributed by atoms with E-state index in [-0.39, 0.29) is 18.3 Å². The molecular formula is C19H21FN2O2S. The number of rotatable bonds is 8. The molecule has 0 saturated heterocycles. The smallest absolute Gasteiger partial charge is 0.239 e. The van der Waals surface area contributed by atoms with Gasteiger partial charge in [0.25, 0.3) is 0 Å². The molecule has 6 heteroatoms. The molecule has 0 bridgehead atoms. The topological polar surface area (TPSA) is 43.3 Å². The van der Waals surface area contributed by atoms with Crippen LogP contribution in [0, 0.1) is 5.82 Å². The number of ether oxygens (including phenoxy) is 1. The van der Waals surface area contributed by atoms with E-state index >= 15 is 0 Å². The van der Waals surface area contributed by atoms with Crippen LogP contribution in [0.3, 0.4) is 0 Å². The van der Waals surface area contributed by atoms with Crippen LogP contribution in [0.1, 0.15) is 13.3 Å². The molecule has 0 atom stereocenters. The van der Waals surface area contributed by atoms with Gasteiger partial charge in [-0.3, -0.25) is 4.79 Å². The number of aromatic nitrogens is 1. The molecule has 0 aliphatic carbocycles. The van der Waals surface area contributed by atoms with Crippen molar-refractivity contribution in [2.45, 2.75) is 19.9 Å². The van der Waals surface area contributed by atoms with Crippen LogP contribution in [-0.2, 0) is 16.1 Å². The summed E-state index contributed by atoms with van der Waals surface area (Å²) >= 11 is 1.60. The second kappa shape index (κ2) is 8.27. The largest absolute Gasteiger partial charge is 0.382 e. The third-order valence-corrected chi connectivity index (χ3v) is 4.82. The highest BCUT2D eigenvalue weighted by atomic mass is 32.1. The summed E-state index contributed by atoms with van der Waals surface area (Å²) in [6.45, 7) is 4.07. The van der Waals surface area contributed by atoms with Gasteiger partial charge in [-0.2, -0.15) is 0 Å². The second-order valence-electron chi connectivity index (χ2n) is 5.70. The molecule has 0 spiro atoms. The molecule has 1 aromatic carbocycles. The van der Waals surface area contributed by atoms with E-state index in [1.807, 2.05) is 35.1 Å². The van der Waals surface area contributed by atoms with Crippen molar-refractivity contribution in [3.63, 3.8) is 0 Å². The Morgan fingerprint density at radius 3 is 2.96 bits per heavy atom. The molecule has 4 nitrogen and oxygen atoms in total. The Kier molecular flexibility index (Phi) is 5.83. The molecule has 3 rings (SSSR count). The molecule has 1 amide bonds. The van der Waals surface area contributed by atoms with E-state index < -0.39 is 0 Å². The zero-order chi connectivity index (χ0) is 17.6. The predicted molar refractivity (Wildman–Crippen MR) is 99.3 cm³/mol. The van der Waals surface area contributed by atoms with Crippen molar-refractivity contribution < 1.29 is 13.9 Å². The average Bonchev–Trinajstić information content (AvgIpc) is 3.22. The van der Waals surface area contributed by atoms with Crippen LogP contribution in [0.25, 0.3) is 21.5 Å². The summed E-state index contributed by atoms with van der Waals surface area (Å²) in [6.07, 6.45) is 0.787. The average molecular weight is 360 g/mol. The van der Waals surface area contributed by atoms with Crippen molar-refractivity contribution in [3.8, 4) is 10.6 Å². The maximum atomic E-state index is 13.6. The Labute approximate surface area is 150 Å². The molecule has 0 saturated carbocycles. The van der Waals surface area contributed by atoms with Gasteiger partial charge in [0.15, 0.2) is 0 Å². The van der Waals surface area contributed by atoms with Crippen LogP contribution in [0.4, 0.5) is 4.39 Å². The van der Waals surface area contributed by atoms with Crippen molar-refractivity contribution in [2.75, 3.05) is 19.8 Å². The fraction of sp³-hybridized carbons (Fsp3) is 0.316. The molecule has 0 fully saturated rings. The first kappa shape index (κ1) is 17.6. The maximum Gasteiger partial charge on any atom is 0.239 e. The molecule has 132 valence electrons. The van der Waals surface area contributed by atoms with Crippen LogP contribution < -0.4 is 5.32 Å². The van der Waals surface area contributed by atoms with Gasteiger partial charge in [-0.05, 0) is 49.1 Å². The van der Waals surface area contributed by atoms with E-state index in [2.05, 4.69) is 5.32 Å². The zero-order valence-electron chi connectivity index (χ0n) is 14.1. The van der Waals surface area contributed by atoms with E-state index in [4.69, 9.17) is 4.74 Å². The van der Waals surface area contributed by atoms with Crippen molar-refractivity contribution >= 4 is 28.1 Å². The van der Waals surface area contributed by atoms with E-state index in [0.717, 1.165) is 27.9 Å². The standard InChI is InChI=1S/C19H21FN2O2S/c1-2-24-9-4-8-21-19(23)13-22-16-7-6-15(20)11-14(16)12-17(22)18-5-3-10-25-18/h3,5-7,10-12H,2,4,8-9,13H2,1H3,(H,21,23). The van der Waals surface area contributed by atoms with Gasteiger partial charge < -0.3 is 14.6 Å². The van der Waals surface area contributed by atoms with Gasteiger partial charge in [-0.15, -0.1) is 11.3 Å². The highest BCUT2D eigenvalue weighted by Crippen LogP contribution is 2.31. The summed E-state index contributed by atoms with van der Waals surface area (Å²) in [5, 5.41) is 5.71. The molecule has 2 aromatic heterocycles. The number of halogens is 1. The fourth-order valence-electron chi connectivity index (χ4n) is 2.79. The summed E-state index contributed by atoms with van der Waals surface area (Å²) < 4.78 is 20.8. The molecular weight excluding hydrogens is 339 g/mol. The van der Waals surface area contributed by atoms with Crippen molar-refractivity contribution in [2.24, 2.45) is 0 Å². The van der Waals surface area contributed by atoms with E-state index in [9.17, 15) is 9.18 Å². The van der Waals surface area contributed by atoms with Gasteiger partial charge in [0.2, 0.25) is 5.91 Å². The van der Waals surface area contributed by atoms with Crippen LogP contribution in [0.2, 0.25) is 0 Å². The number of fused-ring (bicyclic) bond motifs is 1. The molecule has 0 aliphatic rings. The number of carbonyl (C=O) groups excluding carboxylic acids is 1. The van der Waals surface area contributed by atoms with E-state index in [0.29, 0.717) is 19.8 Å². The van der Waals surface area contributed by atoms with Gasteiger partial charge in [-0.25, -0.2) is 4.39 Å². The quantitative estimate of drug-likeness (QED) is 0.616. The molecule has 2 heterocycles. The first-order chi connectivity index (χ1) is 12.2. The van der Waals surface area contributed by atoms with Crippen LogP contribution in [0.5, 0.6) is 0 Å². The molecule has 1 N–H and O–H groups in total. The van der Waals surface area contributed by atoms with Crippen molar-refractivity contribution in [3.05, 3.63) is 47.6 Å². The van der Waals surface area contributed by atoms with E-state index in [1.165, 1.54) is 12.1 Å². The number of nitrogens with one attached hydrogen (secondary N) is 1. The minimum Gasteiger partial charge on any atom is -0.382 e. The minimum absolute atomic E-state index is 0.0591. The predicted octanol–water partition coefficient (Wildman–Crippen LogP) is 4.05. The van der Waals surface area contributed by atoms with Gasteiger partial charge in [0.05, 0.1) is 10.6 Å².